The zero-order valence-corrected chi connectivity index (χ0v) is 11.7. The number of aryl methyl sites for hydroxylation is 2. The van der Waals surface area contributed by atoms with Crippen LogP contribution in [0.2, 0.25) is 0 Å². The van der Waals surface area contributed by atoms with E-state index in [0.29, 0.717) is 0 Å². The van der Waals surface area contributed by atoms with E-state index in [0.717, 1.165) is 49.6 Å². The summed E-state index contributed by atoms with van der Waals surface area (Å²) in [4.78, 5) is 13.2. The van der Waals surface area contributed by atoms with Crippen LogP contribution in [0.15, 0.2) is 0 Å². The summed E-state index contributed by atoms with van der Waals surface area (Å²) in [7, 11) is 3.52. The van der Waals surface area contributed by atoms with Crippen LogP contribution in [0, 0.1) is 12.8 Å². The van der Waals surface area contributed by atoms with Crippen molar-refractivity contribution < 1.29 is 14.6 Å². The number of carboxylic acid groups (broad SMARTS) is 1. The first-order valence-corrected chi connectivity index (χ1v) is 6.54. The monoisotopic (exact) mass is 267 g/mol. The molecule has 1 aliphatic rings. The van der Waals surface area contributed by atoms with Crippen LogP contribution < -0.4 is 4.74 Å². The van der Waals surface area contributed by atoms with E-state index in [1.54, 1.807) is 11.8 Å². The fourth-order valence-corrected chi connectivity index (χ4v) is 2.68. The number of aliphatic carboxylic acids is 1. The molecule has 0 amide bonds. The first-order valence-electron chi connectivity index (χ1n) is 6.54. The van der Waals surface area contributed by atoms with E-state index in [2.05, 4.69) is 10.00 Å². The predicted octanol–water partition coefficient (Wildman–Crippen LogP) is 1.03. The molecule has 1 aliphatic heterocycles. The molecule has 6 nitrogen and oxygen atoms in total. The fourth-order valence-electron chi connectivity index (χ4n) is 2.68. The maximum absolute atomic E-state index is 10.9. The lowest BCUT2D eigenvalue weighted by Crippen LogP contribution is -2.36. The van der Waals surface area contributed by atoms with Gasteiger partial charge in [-0.15, -0.1) is 0 Å². The summed E-state index contributed by atoms with van der Waals surface area (Å²) >= 11 is 0. The molecule has 0 radical (unpaired) electrons. The maximum Gasteiger partial charge on any atom is 0.306 e. The number of carbonyl (C=O) groups is 1. The van der Waals surface area contributed by atoms with Gasteiger partial charge in [-0.05, 0) is 32.9 Å². The summed E-state index contributed by atoms with van der Waals surface area (Å²) in [6, 6.07) is 0. The van der Waals surface area contributed by atoms with Gasteiger partial charge in [0.1, 0.15) is 0 Å². The second kappa shape index (κ2) is 5.61. The Morgan fingerprint density at radius 2 is 2.11 bits per heavy atom. The van der Waals surface area contributed by atoms with Crippen molar-refractivity contribution in [3.63, 3.8) is 0 Å². The third-order valence-corrected chi connectivity index (χ3v) is 3.80. The highest BCUT2D eigenvalue weighted by atomic mass is 16.5. The van der Waals surface area contributed by atoms with Crippen LogP contribution in [0.1, 0.15) is 24.1 Å². The van der Waals surface area contributed by atoms with Gasteiger partial charge < -0.3 is 9.84 Å². The van der Waals surface area contributed by atoms with Crippen LogP contribution in [0.4, 0.5) is 0 Å². The lowest BCUT2D eigenvalue weighted by atomic mass is 9.97. The van der Waals surface area contributed by atoms with Crippen molar-refractivity contribution in [1.29, 1.82) is 0 Å². The highest BCUT2D eigenvalue weighted by molar-refractivity contribution is 5.70. The summed E-state index contributed by atoms with van der Waals surface area (Å²) in [6.07, 6.45) is 1.44. The van der Waals surface area contributed by atoms with Gasteiger partial charge in [0, 0.05) is 13.6 Å². The normalized spacial score (nSPS) is 17.6. The zero-order valence-electron chi connectivity index (χ0n) is 11.7. The Bertz CT molecular complexity index is 462. The molecular weight excluding hydrogens is 246 g/mol. The molecule has 106 valence electrons. The van der Waals surface area contributed by atoms with Crippen LogP contribution in [-0.2, 0) is 18.4 Å². The number of likely N-dealkylation sites (tertiary alicyclic amines) is 1. The van der Waals surface area contributed by atoms with Gasteiger partial charge in [-0.1, -0.05) is 0 Å². The summed E-state index contributed by atoms with van der Waals surface area (Å²) in [5, 5.41) is 13.4. The molecule has 19 heavy (non-hydrogen) atoms. The molecule has 0 aliphatic carbocycles. The molecule has 1 N–H and O–H groups in total. The number of aromatic nitrogens is 2. The van der Waals surface area contributed by atoms with Crippen LogP contribution in [0.5, 0.6) is 5.88 Å². The Morgan fingerprint density at radius 1 is 1.47 bits per heavy atom. The van der Waals surface area contributed by atoms with E-state index in [9.17, 15) is 4.79 Å². The van der Waals surface area contributed by atoms with E-state index in [-0.39, 0.29) is 5.92 Å². The molecule has 0 unspecified atom stereocenters. The van der Waals surface area contributed by atoms with E-state index in [1.807, 2.05) is 14.0 Å². The fraction of sp³-hybridized carbons (Fsp3) is 0.692. The standard InChI is InChI=1S/C13H21N3O3/c1-9-11(12(19-3)15(2)14-9)8-16-6-4-10(5-7-16)13(17)18/h10H,4-8H2,1-3H3,(H,17,18). The molecule has 1 aromatic rings. The Kier molecular flexibility index (Phi) is 4.09. The van der Waals surface area contributed by atoms with Crippen molar-refractivity contribution in [2.24, 2.45) is 13.0 Å². The number of hydrogen-bond acceptors (Lipinski definition) is 4. The largest absolute Gasteiger partial charge is 0.481 e. The highest BCUT2D eigenvalue weighted by Crippen LogP contribution is 2.25. The molecule has 0 bridgehead atoms. The van der Waals surface area contributed by atoms with E-state index >= 15 is 0 Å². The average molecular weight is 267 g/mol. The minimum atomic E-state index is -0.671. The van der Waals surface area contributed by atoms with Gasteiger partial charge in [0.15, 0.2) is 0 Å². The van der Waals surface area contributed by atoms with Crippen molar-refractivity contribution in [3.05, 3.63) is 11.3 Å². The van der Waals surface area contributed by atoms with E-state index in [4.69, 9.17) is 9.84 Å². The lowest BCUT2D eigenvalue weighted by molar-refractivity contribution is -0.143. The predicted molar refractivity (Wildman–Crippen MR) is 70.1 cm³/mol. The van der Waals surface area contributed by atoms with Gasteiger partial charge in [-0.25, -0.2) is 4.68 Å². The molecule has 0 aromatic carbocycles. The van der Waals surface area contributed by atoms with Crippen LogP contribution in [0.3, 0.4) is 0 Å². The number of nitrogens with zero attached hydrogens (tertiary/aromatic N) is 3. The van der Waals surface area contributed by atoms with E-state index < -0.39 is 5.97 Å². The molecule has 2 rings (SSSR count). The first kappa shape index (κ1) is 13.9. The first-order chi connectivity index (χ1) is 9.02. The van der Waals surface area contributed by atoms with Gasteiger partial charge in [-0.2, -0.15) is 5.10 Å². The molecule has 0 atom stereocenters. The third kappa shape index (κ3) is 2.89. The van der Waals surface area contributed by atoms with Gasteiger partial charge >= 0.3 is 5.97 Å². The number of methoxy groups -OCH3 is 1. The summed E-state index contributed by atoms with van der Waals surface area (Å²) in [5.74, 6) is -0.0687. The Morgan fingerprint density at radius 3 is 2.63 bits per heavy atom. The quantitative estimate of drug-likeness (QED) is 0.882. The summed E-state index contributed by atoms with van der Waals surface area (Å²) in [5.41, 5.74) is 2.07. The second-order valence-corrected chi connectivity index (χ2v) is 5.09. The third-order valence-electron chi connectivity index (χ3n) is 3.80. The number of ether oxygens (including phenoxy) is 1. The Labute approximate surface area is 113 Å². The van der Waals surface area contributed by atoms with Gasteiger partial charge in [0.05, 0.1) is 24.3 Å². The molecular formula is C13H21N3O3. The van der Waals surface area contributed by atoms with Gasteiger partial charge in [0.25, 0.3) is 0 Å². The topological polar surface area (TPSA) is 67.6 Å². The van der Waals surface area contributed by atoms with Crippen molar-refractivity contribution in [2.75, 3.05) is 20.2 Å². The van der Waals surface area contributed by atoms with Crippen LogP contribution in [0.25, 0.3) is 0 Å². The van der Waals surface area contributed by atoms with Crippen molar-refractivity contribution in [3.8, 4) is 5.88 Å². The Balaban J connectivity index is 2.01. The Hall–Kier alpha value is -1.56. The van der Waals surface area contributed by atoms with E-state index in [1.165, 1.54) is 0 Å². The molecule has 2 heterocycles. The smallest absolute Gasteiger partial charge is 0.306 e. The molecule has 0 saturated carbocycles. The number of hydrogen-bond donors (Lipinski definition) is 1. The van der Waals surface area contributed by atoms with Crippen molar-refractivity contribution >= 4 is 5.97 Å². The lowest BCUT2D eigenvalue weighted by Gasteiger charge is -2.29. The van der Waals surface area contributed by atoms with Gasteiger partial charge in [0.2, 0.25) is 5.88 Å². The summed E-state index contributed by atoms with van der Waals surface area (Å²) in [6.45, 7) is 4.37. The molecule has 6 heteroatoms. The number of rotatable bonds is 4. The van der Waals surface area contributed by atoms with Crippen LogP contribution >= 0.6 is 0 Å². The minimum absolute atomic E-state index is 0.187. The summed E-state index contributed by atoms with van der Waals surface area (Å²) < 4.78 is 7.12. The van der Waals surface area contributed by atoms with Crippen molar-refractivity contribution in [2.45, 2.75) is 26.3 Å². The van der Waals surface area contributed by atoms with Crippen molar-refractivity contribution in [1.82, 2.24) is 14.7 Å². The number of piperidine rings is 1. The molecule has 1 saturated heterocycles. The second-order valence-electron chi connectivity index (χ2n) is 5.09. The molecule has 1 aromatic heterocycles. The zero-order chi connectivity index (χ0) is 14.0. The average Bonchev–Trinajstić information content (AvgIpc) is 2.64. The van der Waals surface area contributed by atoms with Gasteiger partial charge in [-0.3, -0.25) is 9.69 Å². The SMILES string of the molecule is COc1c(CN2CCC(C(=O)O)CC2)c(C)nn1C. The highest BCUT2D eigenvalue weighted by Gasteiger charge is 2.26. The minimum Gasteiger partial charge on any atom is -0.481 e. The number of carboxylic acids is 1. The van der Waals surface area contributed by atoms with Crippen LogP contribution in [-0.4, -0.2) is 46.0 Å². The molecule has 1 fully saturated rings. The molecule has 0 spiro atoms. The maximum atomic E-state index is 10.9.